The van der Waals surface area contributed by atoms with Crippen LogP contribution in [-0.2, 0) is 17.9 Å². The smallest absolute Gasteiger partial charge is 0.219 e. The van der Waals surface area contributed by atoms with Crippen molar-refractivity contribution in [2.75, 3.05) is 0 Å². The van der Waals surface area contributed by atoms with E-state index in [1.807, 2.05) is 19.3 Å². The minimum atomic E-state index is -0.295. The first-order chi connectivity index (χ1) is 14.3. The molecule has 4 rings (SSSR count). The Hall–Kier alpha value is -1.82. The van der Waals surface area contributed by atoms with Crippen LogP contribution in [0.4, 0.5) is 0 Å². The largest absolute Gasteiger partial charge is 0.370 e. The second kappa shape index (κ2) is 8.74. The van der Waals surface area contributed by atoms with Crippen molar-refractivity contribution in [3.63, 3.8) is 0 Å². The molecule has 30 heavy (non-hydrogen) atoms. The Morgan fingerprint density at radius 2 is 1.80 bits per heavy atom. The maximum atomic E-state index is 13.3. The summed E-state index contributed by atoms with van der Waals surface area (Å²) >= 11 is 12.8. The molecule has 160 valence electrons. The number of ketones is 1. The van der Waals surface area contributed by atoms with Crippen LogP contribution in [0.15, 0.2) is 24.5 Å². The van der Waals surface area contributed by atoms with E-state index < -0.39 is 0 Å². The molecule has 1 aromatic heterocycles. The van der Waals surface area contributed by atoms with Gasteiger partial charge in [-0.2, -0.15) is 0 Å². The third kappa shape index (κ3) is 4.29. The van der Waals surface area contributed by atoms with Crippen molar-refractivity contribution in [1.29, 1.82) is 0 Å². The molecule has 2 heterocycles. The summed E-state index contributed by atoms with van der Waals surface area (Å²) in [7, 11) is 0. The Balaban J connectivity index is 1.53. The van der Waals surface area contributed by atoms with Gasteiger partial charge >= 0.3 is 0 Å². The molecule has 1 aromatic carbocycles. The van der Waals surface area contributed by atoms with Gasteiger partial charge in [-0.05, 0) is 60.9 Å². The van der Waals surface area contributed by atoms with Gasteiger partial charge in [0, 0.05) is 43.9 Å². The number of hydrogen-bond acceptors (Lipinski definition) is 3. The van der Waals surface area contributed by atoms with Crippen LogP contribution in [-0.4, -0.2) is 27.6 Å². The lowest BCUT2D eigenvalue weighted by Crippen LogP contribution is -2.43. The number of aryl methyl sites for hydroxylation is 1. The van der Waals surface area contributed by atoms with Crippen LogP contribution >= 0.6 is 23.2 Å². The number of nitrogens with one attached hydrogen (secondary N) is 1. The number of fused-ring (bicyclic) bond motifs is 1. The highest BCUT2D eigenvalue weighted by molar-refractivity contribution is 6.40. The molecule has 1 aliphatic carbocycles. The van der Waals surface area contributed by atoms with E-state index >= 15 is 0 Å². The number of benzene rings is 1. The number of H-pyrrole nitrogens is 1. The monoisotopic (exact) mass is 447 g/mol. The Bertz CT molecular complexity index is 928. The Labute approximate surface area is 186 Å². The summed E-state index contributed by atoms with van der Waals surface area (Å²) in [5.74, 6) is -0.188. The summed E-state index contributed by atoms with van der Waals surface area (Å²) in [4.78, 5) is 30.7. The maximum absolute atomic E-state index is 13.3. The Kier molecular flexibility index (Phi) is 6.24. The van der Waals surface area contributed by atoms with E-state index in [2.05, 4.69) is 9.88 Å². The molecule has 1 aliphatic heterocycles. The molecule has 7 heteroatoms. The van der Waals surface area contributed by atoms with Crippen LogP contribution in [0.25, 0.3) is 0 Å². The van der Waals surface area contributed by atoms with Crippen LogP contribution in [0, 0.1) is 18.8 Å². The summed E-state index contributed by atoms with van der Waals surface area (Å²) in [6.45, 7) is 3.52. The highest BCUT2D eigenvalue weighted by atomic mass is 35.5. The Morgan fingerprint density at radius 1 is 1.17 bits per heavy atom. The molecular weight excluding hydrogens is 421 g/mol. The number of Topliss-reactive ketones (excluding diaryl/α,β-unsaturated/α-hetero) is 1. The molecular formula is C23H27Cl2N3O2. The number of halogens is 2. The predicted molar refractivity (Wildman–Crippen MR) is 119 cm³/mol. The number of rotatable bonds is 6. The van der Waals surface area contributed by atoms with Gasteiger partial charge < -0.3 is 10.7 Å². The molecule has 2 aliphatic rings. The predicted octanol–water partition coefficient (Wildman–Crippen LogP) is 4.88. The lowest BCUT2D eigenvalue weighted by atomic mass is 9.74. The number of nitrogens with two attached hydrogens (primary N) is 1. The van der Waals surface area contributed by atoms with E-state index in [9.17, 15) is 9.59 Å². The SMILES string of the molecule is Cc1cc(Cl)c(C(=O)C2CCCC(C(CC(N)=O)N3Cc4c[nH]cc4C3)C2)c(Cl)c1. The van der Waals surface area contributed by atoms with Gasteiger partial charge in [0.15, 0.2) is 5.78 Å². The van der Waals surface area contributed by atoms with Crippen molar-refractivity contribution in [1.82, 2.24) is 9.88 Å². The van der Waals surface area contributed by atoms with Crippen molar-refractivity contribution in [2.24, 2.45) is 17.6 Å². The second-order valence-electron chi connectivity index (χ2n) is 8.74. The minimum Gasteiger partial charge on any atom is -0.370 e. The van der Waals surface area contributed by atoms with Crippen molar-refractivity contribution in [2.45, 2.75) is 58.2 Å². The summed E-state index contributed by atoms with van der Waals surface area (Å²) < 4.78 is 0. The quantitative estimate of drug-likeness (QED) is 0.619. The van der Waals surface area contributed by atoms with Gasteiger partial charge in [-0.15, -0.1) is 0 Å². The minimum absolute atomic E-state index is 0.0143. The highest BCUT2D eigenvalue weighted by Gasteiger charge is 2.38. The van der Waals surface area contributed by atoms with E-state index in [0.717, 1.165) is 44.3 Å². The number of carbonyl (C=O) groups is 2. The number of aromatic nitrogens is 1. The van der Waals surface area contributed by atoms with Gasteiger partial charge in [-0.25, -0.2) is 0 Å². The maximum Gasteiger partial charge on any atom is 0.219 e. The molecule has 0 spiro atoms. The van der Waals surface area contributed by atoms with E-state index in [1.54, 1.807) is 12.1 Å². The first kappa shape index (κ1) is 21.4. The van der Waals surface area contributed by atoms with Crippen LogP contribution in [0.5, 0.6) is 0 Å². The fourth-order valence-electron chi connectivity index (χ4n) is 5.21. The van der Waals surface area contributed by atoms with Crippen molar-refractivity contribution in [3.05, 3.63) is 56.8 Å². The zero-order valence-corrected chi connectivity index (χ0v) is 18.6. The van der Waals surface area contributed by atoms with Gasteiger partial charge in [0.25, 0.3) is 0 Å². The van der Waals surface area contributed by atoms with Gasteiger partial charge in [0.1, 0.15) is 0 Å². The number of nitrogens with zero attached hydrogens (tertiary/aromatic N) is 1. The lowest BCUT2D eigenvalue weighted by Gasteiger charge is -2.38. The molecule has 5 nitrogen and oxygen atoms in total. The number of amides is 1. The van der Waals surface area contributed by atoms with Crippen LogP contribution in [0.2, 0.25) is 10.0 Å². The molecule has 1 saturated carbocycles. The van der Waals surface area contributed by atoms with E-state index in [4.69, 9.17) is 28.9 Å². The molecule has 0 radical (unpaired) electrons. The molecule has 1 fully saturated rings. The first-order valence-electron chi connectivity index (χ1n) is 10.5. The molecule has 3 unspecified atom stereocenters. The third-order valence-corrected chi connectivity index (χ3v) is 7.21. The molecule has 1 amide bonds. The van der Waals surface area contributed by atoms with Crippen molar-refractivity contribution >= 4 is 34.9 Å². The summed E-state index contributed by atoms with van der Waals surface area (Å²) in [6, 6.07) is 3.61. The van der Waals surface area contributed by atoms with Crippen LogP contribution in [0.3, 0.4) is 0 Å². The number of primary amides is 1. The molecule has 3 N–H and O–H groups in total. The van der Waals surface area contributed by atoms with Crippen molar-refractivity contribution < 1.29 is 9.59 Å². The summed E-state index contributed by atoms with van der Waals surface area (Å²) in [6.07, 6.45) is 7.83. The third-order valence-electron chi connectivity index (χ3n) is 6.62. The van der Waals surface area contributed by atoms with Crippen LogP contribution < -0.4 is 5.73 Å². The van der Waals surface area contributed by atoms with Crippen LogP contribution in [0.1, 0.15) is 59.2 Å². The molecule has 2 aromatic rings. The normalized spacial score (nSPS) is 22.6. The standard InChI is InChI=1S/C23H27Cl2N3O2/c1-13-5-18(24)22(19(25)6-13)23(30)15-4-2-3-14(7-15)20(8-21(26)29)28-11-16-9-27-10-17(16)12-28/h5-6,9-10,14-15,20,27H,2-4,7-8,11-12H2,1H3,(H2,26,29). The van der Waals surface area contributed by atoms with E-state index in [1.165, 1.54) is 11.1 Å². The summed E-state index contributed by atoms with van der Waals surface area (Å²) in [5.41, 5.74) is 9.51. The number of aromatic amines is 1. The van der Waals surface area contributed by atoms with Gasteiger partial charge in [0.05, 0.1) is 15.6 Å². The van der Waals surface area contributed by atoms with Crippen molar-refractivity contribution in [3.8, 4) is 0 Å². The first-order valence-corrected chi connectivity index (χ1v) is 11.3. The molecule has 0 saturated heterocycles. The lowest BCUT2D eigenvalue weighted by molar-refractivity contribution is -0.120. The number of carbonyl (C=O) groups excluding carboxylic acids is 2. The average Bonchev–Trinajstić information content (AvgIpc) is 3.27. The second-order valence-corrected chi connectivity index (χ2v) is 9.55. The molecule has 3 atom stereocenters. The zero-order valence-electron chi connectivity index (χ0n) is 17.1. The van der Waals surface area contributed by atoms with Gasteiger partial charge in [-0.1, -0.05) is 29.6 Å². The fourth-order valence-corrected chi connectivity index (χ4v) is 5.99. The van der Waals surface area contributed by atoms with E-state index in [-0.39, 0.29) is 29.6 Å². The topological polar surface area (TPSA) is 79.2 Å². The van der Waals surface area contributed by atoms with Gasteiger partial charge in [-0.3, -0.25) is 14.5 Å². The van der Waals surface area contributed by atoms with E-state index in [0.29, 0.717) is 22.0 Å². The average molecular weight is 448 g/mol. The Morgan fingerprint density at radius 3 is 2.40 bits per heavy atom. The highest BCUT2D eigenvalue weighted by Crippen LogP contribution is 2.40. The number of hydrogen-bond donors (Lipinski definition) is 2. The summed E-state index contributed by atoms with van der Waals surface area (Å²) in [5, 5.41) is 0.833. The molecule has 0 bridgehead atoms. The fraction of sp³-hybridized carbons (Fsp3) is 0.478. The zero-order chi connectivity index (χ0) is 21.4. The van der Waals surface area contributed by atoms with Gasteiger partial charge in [0.2, 0.25) is 5.91 Å².